The maximum Gasteiger partial charge on any atom is 0.460 e. The van der Waals surface area contributed by atoms with Gasteiger partial charge in [0, 0.05) is 0 Å². The molecule has 2 heterocycles. The zero-order valence-corrected chi connectivity index (χ0v) is 19.1. The molecule has 0 unspecified atom stereocenters. The second-order valence-electron chi connectivity index (χ2n) is 6.54. The third-order valence-corrected chi connectivity index (χ3v) is 3.62. The number of aryl methyl sites for hydroxylation is 4. The lowest BCUT2D eigenvalue weighted by molar-refractivity contribution is -0.671. The van der Waals surface area contributed by atoms with Crippen molar-refractivity contribution in [3.8, 4) is 0 Å². The van der Waals surface area contributed by atoms with Gasteiger partial charge in [0.15, 0.2) is 0 Å². The van der Waals surface area contributed by atoms with E-state index in [4.69, 9.17) is 9.90 Å². The molecule has 0 atom stereocenters. The predicted molar refractivity (Wildman–Crippen MR) is 94.6 cm³/mol. The summed E-state index contributed by atoms with van der Waals surface area (Å²) in [5.41, 5.74) is 0. The van der Waals surface area contributed by atoms with Gasteiger partial charge in [-0.15, -0.1) is 0 Å². The molecule has 0 aliphatic heterocycles. The highest BCUT2D eigenvalue weighted by Crippen LogP contribution is 2.46. The molecule has 0 spiro atoms. The molecule has 0 N–H and O–H groups in total. The number of hydrogen-bond donors (Lipinski definition) is 0. The summed E-state index contributed by atoms with van der Waals surface area (Å²) in [6.07, 6.45) is 0.448. The zero-order valence-electron chi connectivity index (χ0n) is 19.1. The van der Waals surface area contributed by atoms with Gasteiger partial charge in [-0.05, 0) is 13.8 Å². The molecule has 0 saturated carbocycles. The number of hydrogen-bond acceptors (Lipinski definition) is 4. The van der Waals surface area contributed by atoms with Crippen LogP contribution in [0.1, 0.15) is 13.8 Å². The van der Waals surface area contributed by atoms with Crippen LogP contribution in [0.5, 0.6) is 0 Å². The summed E-state index contributed by atoms with van der Waals surface area (Å²) >= 11 is 0. The van der Waals surface area contributed by atoms with E-state index in [1.165, 1.54) is 0 Å². The second-order valence-corrected chi connectivity index (χ2v) is 6.54. The molecular weight excluding hydrogens is 526 g/mol. The number of rotatable bonds is 4. The third kappa shape index (κ3) is 11.4. The Kier molecular flexibility index (Phi) is 13.2. The predicted octanol–water partition coefficient (Wildman–Crippen LogP) is 0.533. The number of alkyl halides is 10. The van der Waals surface area contributed by atoms with E-state index in [1.807, 2.05) is 35.6 Å². The van der Waals surface area contributed by atoms with Crippen molar-refractivity contribution in [1.29, 1.82) is 0 Å². The first-order valence-electron chi connectivity index (χ1n) is 9.38. The van der Waals surface area contributed by atoms with Gasteiger partial charge in [-0.1, -0.05) is 0 Å². The van der Waals surface area contributed by atoms with Crippen molar-refractivity contribution in [1.82, 2.24) is 9.13 Å². The normalized spacial score (nSPS) is 11.7. The van der Waals surface area contributed by atoms with E-state index in [1.54, 1.807) is 0 Å². The van der Waals surface area contributed by atoms with Crippen LogP contribution >= 0.6 is 0 Å². The quantitative estimate of drug-likeness (QED) is 0.412. The number of carbonyl (C=O) groups is 2. The van der Waals surface area contributed by atoms with Gasteiger partial charge < -0.3 is 19.8 Å². The Morgan fingerprint density at radius 2 is 1.03 bits per heavy atom. The van der Waals surface area contributed by atoms with Crippen molar-refractivity contribution in [2.24, 2.45) is 14.1 Å². The average molecular weight is 548 g/mol. The maximum absolute atomic E-state index is 11.7. The molecule has 0 aromatic carbocycles. The van der Waals surface area contributed by atoms with Crippen molar-refractivity contribution in [3.05, 3.63) is 37.4 Å². The minimum Gasteiger partial charge on any atom is -0.544 e. The fourth-order valence-corrected chi connectivity index (χ4v) is 1.68. The fraction of sp³-hybridized carbons (Fsp3) is 0.556. The van der Waals surface area contributed by atoms with Crippen LogP contribution in [0, 0.1) is 0 Å². The first-order chi connectivity index (χ1) is 16.0. The summed E-state index contributed by atoms with van der Waals surface area (Å²) < 4.78 is 120. The van der Waals surface area contributed by atoms with Crippen molar-refractivity contribution in [2.45, 2.75) is 51.1 Å². The lowest BCUT2D eigenvalue weighted by Gasteiger charge is -2.28. The average Bonchev–Trinajstić information content (AvgIpc) is 3.35. The van der Waals surface area contributed by atoms with Crippen LogP contribution in [0.2, 0.25) is 0 Å². The Labute approximate surface area is 197 Å². The Balaban J connectivity index is 0. The van der Waals surface area contributed by atoms with Crippen molar-refractivity contribution < 1.29 is 72.8 Å². The molecule has 0 bridgehead atoms. The molecule has 0 aliphatic carbocycles. The van der Waals surface area contributed by atoms with Crippen LogP contribution in [0.15, 0.2) is 37.4 Å². The summed E-state index contributed by atoms with van der Waals surface area (Å²) in [5, 5.41) is 18.1. The standard InChI is InChI=1S/2C6H11N2.C4HF7O2.C2HF3O2/c2*1-3-8-5-4-7(2)6-8;5-2(6,1(12)13)3(7,8)4(9,10)11;3-2(4,5)1(6)7/h2*4-6H,3H2,1-2H3;(H,12,13);(H,6,7)/q2*+1;;/p-2. The monoisotopic (exact) mass is 548 g/mol. The van der Waals surface area contributed by atoms with Gasteiger partial charge in [-0.25, -0.2) is 18.3 Å². The summed E-state index contributed by atoms with van der Waals surface area (Å²) in [5.74, 6) is -19.7. The topological polar surface area (TPSA) is 97.9 Å². The highest BCUT2D eigenvalue weighted by molar-refractivity contribution is 5.74. The molecule has 0 saturated heterocycles. The molecule has 18 heteroatoms. The van der Waals surface area contributed by atoms with Crippen molar-refractivity contribution in [3.63, 3.8) is 0 Å². The van der Waals surface area contributed by atoms with E-state index in [0.717, 1.165) is 13.1 Å². The number of aromatic nitrogens is 4. The molecule has 208 valence electrons. The van der Waals surface area contributed by atoms with Crippen LogP contribution in [-0.2, 0) is 36.8 Å². The summed E-state index contributed by atoms with van der Waals surface area (Å²) in [6.45, 7) is 6.36. The van der Waals surface area contributed by atoms with Crippen LogP contribution in [0.25, 0.3) is 0 Å². The summed E-state index contributed by atoms with van der Waals surface area (Å²) in [7, 11) is 4.04. The van der Waals surface area contributed by atoms with Crippen LogP contribution in [-0.4, -0.2) is 45.3 Å². The Morgan fingerprint density at radius 3 is 1.11 bits per heavy atom. The highest BCUT2D eigenvalue weighted by Gasteiger charge is 2.73. The van der Waals surface area contributed by atoms with Crippen molar-refractivity contribution in [2.75, 3.05) is 0 Å². The molecule has 0 amide bonds. The van der Waals surface area contributed by atoms with E-state index in [2.05, 4.69) is 48.0 Å². The number of carboxylic acid groups (broad SMARTS) is 2. The number of imidazole rings is 2. The van der Waals surface area contributed by atoms with E-state index in [-0.39, 0.29) is 0 Å². The largest absolute Gasteiger partial charge is 0.544 e. The molecule has 0 aliphatic rings. The summed E-state index contributed by atoms with van der Waals surface area (Å²) in [6, 6.07) is 0. The van der Waals surface area contributed by atoms with Crippen LogP contribution in [0.3, 0.4) is 0 Å². The first-order valence-corrected chi connectivity index (χ1v) is 9.38. The molecule has 2 aromatic heterocycles. The second kappa shape index (κ2) is 13.7. The Morgan fingerprint density at radius 1 is 0.722 bits per heavy atom. The summed E-state index contributed by atoms with van der Waals surface area (Å²) in [4.78, 5) is 18.1. The van der Waals surface area contributed by atoms with E-state index in [9.17, 15) is 53.8 Å². The third-order valence-electron chi connectivity index (χ3n) is 3.62. The highest BCUT2D eigenvalue weighted by atomic mass is 19.4. The Hall–Kier alpha value is -3.34. The number of carbonyl (C=O) groups excluding carboxylic acids is 2. The minimum absolute atomic E-state index is 1.06. The van der Waals surface area contributed by atoms with Gasteiger partial charge in [0.25, 0.3) is 0 Å². The van der Waals surface area contributed by atoms with Crippen molar-refractivity contribution >= 4 is 11.9 Å². The van der Waals surface area contributed by atoms with E-state index in [0.29, 0.717) is 0 Å². The molecular formula is C18H22F10N4O4. The molecule has 8 nitrogen and oxygen atoms in total. The SMILES string of the molecule is CCn1cc[n+](C)c1.CCn1cc[n+](C)c1.O=C([O-])C(F)(F)C(F)(F)C(F)(F)F.O=C([O-])C(F)(F)F. The number of carboxylic acids is 2. The maximum atomic E-state index is 11.7. The van der Waals surface area contributed by atoms with Gasteiger partial charge in [0.1, 0.15) is 36.7 Å². The van der Waals surface area contributed by atoms with E-state index < -0.39 is 36.1 Å². The van der Waals surface area contributed by atoms with Gasteiger partial charge in [-0.2, -0.15) is 43.9 Å². The molecule has 2 aromatic rings. The smallest absolute Gasteiger partial charge is 0.460 e. The number of aliphatic carboxylic acids is 2. The number of halogens is 10. The minimum atomic E-state index is -6.64. The molecule has 0 radical (unpaired) electrons. The molecule has 36 heavy (non-hydrogen) atoms. The van der Waals surface area contributed by atoms with Gasteiger partial charge in [0.2, 0.25) is 12.7 Å². The van der Waals surface area contributed by atoms with Crippen LogP contribution < -0.4 is 19.3 Å². The van der Waals surface area contributed by atoms with Gasteiger partial charge >= 0.3 is 24.2 Å². The Bertz CT molecular complexity index is 912. The van der Waals surface area contributed by atoms with E-state index >= 15 is 0 Å². The first kappa shape index (κ1) is 34.8. The van der Waals surface area contributed by atoms with Gasteiger partial charge in [0.05, 0.1) is 27.2 Å². The fourth-order valence-electron chi connectivity index (χ4n) is 1.68. The lowest BCUT2D eigenvalue weighted by Crippen LogP contribution is -2.60. The molecule has 2 rings (SSSR count). The van der Waals surface area contributed by atoms with Crippen LogP contribution in [0.4, 0.5) is 43.9 Å². The van der Waals surface area contributed by atoms with Gasteiger partial charge in [-0.3, -0.25) is 0 Å². The lowest BCUT2D eigenvalue weighted by atomic mass is 10.1. The number of nitrogens with zero attached hydrogens (tertiary/aromatic N) is 4. The zero-order chi connectivity index (χ0) is 29.1. The molecule has 0 fully saturated rings.